The number of amides is 2. The van der Waals surface area contributed by atoms with Crippen molar-refractivity contribution in [3.05, 3.63) is 34.2 Å². The van der Waals surface area contributed by atoms with Crippen molar-refractivity contribution < 1.29 is 14.3 Å². The number of ether oxygens (including phenoxy) is 1. The summed E-state index contributed by atoms with van der Waals surface area (Å²) in [5.74, 6) is -0.111. The SMILES string of the molecule is COCCN1C[C@H](C(=O)NCc2sc3ccccc3c2Cl)CCC1=O. The van der Waals surface area contributed by atoms with Crippen LogP contribution in [-0.4, -0.2) is 43.5 Å². The van der Waals surface area contributed by atoms with Gasteiger partial charge in [-0.15, -0.1) is 11.3 Å². The zero-order chi connectivity index (χ0) is 17.8. The Kier molecular flexibility index (Phi) is 5.93. The number of methoxy groups -OCH3 is 1. The average Bonchev–Trinajstić information content (AvgIpc) is 2.95. The predicted molar refractivity (Wildman–Crippen MR) is 99.9 cm³/mol. The first-order chi connectivity index (χ1) is 12.1. The minimum absolute atomic E-state index is 0.0246. The molecule has 1 aliphatic rings. The number of nitrogens with zero attached hydrogens (tertiary/aromatic N) is 1. The van der Waals surface area contributed by atoms with Gasteiger partial charge in [-0.3, -0.25) is 9.59 Å². The average molecular weight is 381 g/mol. The van der Waals surface area contributed by atoms with Crippen molar-refractivity contribution >= 4 is 44.8 Å². The smallest absolute Gasteiger partial charge is 0.225 e. The molecular weight excluding hydrogens is 360 g/mol. The standard InChI is InChI=1S/C18H21ClN2O3S/c1-24-9-8-21-11-12(6-7-16(21)22)18(23)20-10-15-17(19)13-4-2-3-5-14(13)25-15/h2-5,12H,6-11H2,1H3,(H,20,23)/t12-/m1/s1. The molecule has 2 heterocycles. The number of fused-ring (bicyclic) bond motifs is 1. The zero-order valence-corrected chi connectivity index (χ0v) is 15.7. The van der Waals surface area contributed by atoms with Crippen molar-refractivity contribution in [3.63, 3.8) is 0 Å². The van der Waals surface area contributed by atoms with Crippen molar-refractivity contribution in [1.82, 2.24) is 10.2 Å². The topological polar surface area (TPSA) is 58.6 Å². The first-order valence-corrected chi connectivity index (χ1v) is 9.50. The summed E-state index contributed by atoms with van der Waals surface area (Å²) in [6.45, 7) is 1.88. The molecule has 134 valence electrons. The summed E-state index contributed by atoms with van der Waals surface area (Å²) in [6.07, 6.45) is 1.000. The van der Waals surface area contributed by atoms with E-state index in [1.54, 1.807) is 23.3 Å². The number of nitrogens with one attached hydrogen (secondary N) is 1. The van der Waals surface area contributed by atoms with Crippen molar-refractivity contribution in [1.29, 1.82) is 0 Å². The van der Waals surface area contributed by atoms with Crippen LogP contribution in [0.3, 0.4) is 0 Å². The molecule has 25 heavy (non-hydrogen) atoms. The van der Waals surface area contributed by atoms with Crippen LogP contribution in [0.2, 0.25) is 5.02 Å². The first-order valence-electron chi connectivity index (χ1n) is 8.30. The van der Waals surface area contributed by atoms with Crippen LogP contribution in [0.5, 0.6) is 0 Å². The number of hydrogen-bond acceptors (Lipinski definition) is 4. The number of rotatable bonds is 6. The van der Waals surface area contributed by atoms with Gasteiger partial charge in [0.1, 0.15) is 0 Å². The van der Waals surface area contributed by atoms with Crippen LogP contribution in [0.15, 0.2) is 24.3 Å². The molecule has 5 nitrogen and oxygen atoms in total. The second-order valence-corrected chi connectivity index (χ2v) is 7.64. The minimum Gasteiger partial charge on any atom is -0.383 e. The Morgan fingerprint density at radius 1 is 1.44 bits per heavy atom. The van der Waals surface area contributed by atoms with E-state index in [0.29, 0.717) is 44.1 Å². The first kappa shape index (κ1) is 18.2. The number of halogens is 1. The Morgan fingerprint density at radius 2 is 2.24 bits per heavy atom. The maximum Gasteiger partial charge on any atom is 0.225 e. The zero-order valence-electron chi connectivity index (χ0n) is 14.1. The number of benzene rings is 1. The van der Waals surface area contributed by atoms with E-state index in [0.717, 1.165) is 15.0 Å². The summed E-state index contributed by atoms with van der Waals surface area (Å²) in [6, 6.07) is 7.94. The molecule has 0 bridgehead atoms. The highest BCUT2D eigenvalue weighted by molar-refractivity contribution is 7.19. The fraction of sp³-hybridized carbons (Fsp3) is 0.444. The Morgan fingerprint density at radius 3 is 3.00 bits per heavy atom. The molecular formula is C18H21ClN2O3S. The molecule has 2 aromatic rings. The molecule has 1 saturated heterocycles. The molecule has 1 atom stereocenters. The highest BCUT2D eigenvalue weighted by atomic mass is 35.5. The summed E-state index contributed by atoms with van der Waals surface area (Å²) in [5, 5.41) is 4.71. The minimum atomic E-state index is -0.178. The highest BCUT2D eigenvalue weighted by Gasteiger charge is 2.30. The van der Waals surface area contributed by atoms with Crippen molar-refractivity contribution in [2.24, 2.45) is 5.92 Å². The van der Waals surface area contributed by atoms with E-state index in [1.807, 2.05) is 24.3 Å². The maximum atomic E-state index is 12.5. The molecule has 3 rings (SSSR count). The number of carbonyl (C=O) groups excluding carboxylic acids is 2. The van der Waals surface area contributed by atoms with Crippen LogP contribution in [-0.2, 0) is 20.9 Å². The summed E-state index contributed by atoms with van der Waals surface area (Å²) in [5.41, 5.74) is 0. The molecule has 1 aliphatic heterocycles. The number of piperidine rings is 1. The summed E-state index contributed by atoms with van der Waals surface area (Å²) >= 11 is 8.02. The predicted octanol–water partition coefficient (Wildman–Crippen LogP) is 3.06. The van der Waals surface area contributed by atoms with Crippen LogP contribution in [0.1, 0.15) is 17.7 Å². The Bertz CT molecular complexity index is 777. The second-order valence-electron chi connectivity index (χ2n) is 6.12. The molecule has 1 N–H and O–H groups in total. The third kappa shape index (κ3) is 4.14. The summed E-state index contributed by atoms with van der Waals surface area (Å²) < 4.78 is 6.14. The largest absolute Gasteiger partial charge is 0.383 e. The van der Waals surface area contributed by atoms with Gasteiger partial charge in [0.05, 0.1) is 24.1 Å². The van der Waals surface area contributed by atoms with Crippen LogP contribution in [0, 0.1) is 5.92 Å². The quantitative estimate of drug-likeness (QED) is 0.837. The van der Waals surface area contributed by atoms with Gasteiger partial charge >= 0.3 is 0 Å². The van der Waals surface area contributed by atoms with Gasteiger partial charge in [0.2, 0.25) is 11.8 Å². The highest BCUT2D eigenvalue weighted by Crippen LogP contribution is 2.35. The second kappa shape index (κ2) is 8.17. The summed E-state index contributed by atoms with van der Waals surface area (Å²) in [7, 11) is 1.60. The van der Waals surface area contributed by atoms with Crippen LogP contribution < -0.4 is 5.32 Å². The maximum absolute atomic E-state index is 12.5. The molecule has 2 amide bonds. The van der Waals surface area contributed by atoms with Gasteiger partial charge in [0.15, 0.2) is 0 Å². The molecule has 0 saturated carbocycles. The van der Waals surface area contributed by atoms with E-state index in [-0.39, 0.29) is 17.7 Å². The molecule has 1 fully saturated rings. The number of hydrogen-bond donors (Lipinski definition) is 1. The Hall–Kier alpha value is -1.63. The molecule has 0 spiro atoms. The lowest BCUT2D eigenvalue weighted by Crippen LogP contribution is -2.46. The van der Waals surface area contributed by atoms with Gasteiger partial charge in [-0.05, 0) is 12.5 Å². The molecule has 1 aromatic heterocycles. The fourth-order valence-corrected chi connectivity index (χ4v) is 4.48. The lowest BCUT2D eigenvalue weighted by molar-refractivity contribution is -0.138. The van der Waals surface area contributed by atoms with Crippen molar-refractivity contribution in [3.8, 4) is 0 Å². The summed E-state index contributed by atoms with van der Waals surface area (Å²) in [4.78, 5) is 27.1. The molecule has 0 radical (unpaired) electrons. The van der Waals surface area contributed by atoms with Gasteiger partial charge in [-0.2, -0.15) is 0 Å². The van der Waals surface area contributed by atoms with Crippen molar-refractivity contribution in [2.75, 3.05) is 26.8 Å². The number of carbonyl (C=O) groups is 2. The molecule has 1 aromatic carbocycles. The van der Waals surface area contributed by atoms with Crippen LogP contribution in [0.4, 0.5) is 0 Å². The normalized spacial score (nSPS) is 17.9. The van der Waals surface area contributed by atoms with Crippen molar-refractivity contribution in [2.45, 2.75) is 19.4 Å². The van der Waals surface area contributed by atoms with Crippen LogP contribution >= 0.6 is 22.9 Å². The molecule has 7 heteroatoms. The number of likely N-dealkylation sites (tertiary alicyclic amines) is 1. The Labute approximate surface area is 155 Å². The van der Waals surface area contributed by atoms with E-state index in [9.17, 15) is 9.59 Å². The van der Waals surface area contributed by atoms with Gasteiger partial charge in [0.25, 0.3) is 0 Å². The van der Waals surface area contributed by atoms with Gasteiger partial charge < -0.3 is 15.0 Å². The molecule has 0 aliphatic carbocycles. The van der Waals surface area contributed by atoms with E-state index < -0.39 is 0 Å². The van der Waals surface area contributed by atoms with Gasteiger partial charge in [0, 0.05) is 41.6 Å². The molecule has 0 unspecified atom stereocenters. The van der Waals surface area contributed by atoms with E-state index in [1.165, 1.54) is 0 Å². The van der Waals surface area contributed by atoms with Gasteiger partial charge in [-0.25, -0.2) is 0 Å². The van der Waals surface area contributed by atoms with Gasteiger partial charge in [-0.1, -0.05) is 29.8 Å². The fourth-order valence-electron chi connectivity index (χ4n) is 3.04. The van der Waals surface area contributed by atoms with E-state index >= 15 is 0 Å². The monoisotopic (exact) mass is 380 g/mol. The van der Waals surface area contributed by atoms with E-state index in [2.05, 4.69) is 5.32 Å². The lowest BCUT2D eigenvalue weighted by atomic mass is 9.96. The lowest BCUT2D eigenvalue weighted by Gasteiger charge is -2.31. The third-order valence-corrected chi connectivity index (χ3v) is 6.18. The number of thiophene rings is 1. The third-order valence-electron chi connectivity index (χ3n) is 4.46. The van der Waals surface area contributed by atoms with Crippen LogP contribution in [0.25, 0.3) is 10.1 Å². The van der Waals surface area contributed by atoms with E-state index in [4.69, 9.17) is 16.3 Å². The Balaban J connectivity index is 1.60.